The van der Waals surface area contributed by atoms with Crippen molar-refractivity contribution in [1.82, 2.24) is 9.80 Å². The minimum atomic E-state index is -3.79. The maximum absolute atomic E-state index is 13.0. The minimum absolute atomic E-state index is 0.0145. The molecule has 2 aromatic rings. The first-order valence-corrected chi connectivity index (χ1v) is 10.7. The second-order valence-corrected chi connectivity index (χ2v) is 8.43. The number of likely N-dealkylation sites (N-methyl/N-ethyl adjacent to an activating group) is 1. The van der Waals surface area contributed by atoms with Crippen molar-refractivity contribution in [3.63, 3.8) is 0 Å². The van der Waals surface area contributed by atoms with Gasteiger partial charge in [-0.05, 0) is 48.5 Å². The SMILES string of the molecule is CCN1CCN(C(=O)Cc2ccc(NS(=O)(=O)c3ccc(F)cc3)cc2)CC1. The molecule has 0 saturated carbocycles. The van der Waals surface area contributed by atoms with E-state index in [1.165, 1.54) is 12.1 Å². The predicted molar refractivity (Wildman–Crippen MR) is 106 cm³/mol. The van der Waals surface area contributed by atoms with Gasteiger partial charge in [0.1, 0.15) is 5.82 Å². The lowest BCUT2D eigenvalue weighted by atomic mass is 10.1. The fourth-order valence-electron chi connectivity index (χ4n) is 3.12. The predicted octanol–water partition coefficient (Wildman–Crippen LogP) is 2.33. The number of hydrogen-bond donors (Lipinski definition) is 1. The molecule has 1 aliphatic heterocycles. The molecule has 0 aliphatic carbocycles. The number of benzene rings is 2. The van der Waals surface area contributed by atoms with E-state index in [4.69, 9.17) is 0 Å². The number of carbonyl (C=O) groups excluding carboxylic acids is 1. The van der Waals surface area contributed by atoms with Crippen LogP contribution in [-0.2, 0) is 21.2 Å². The van der Waals surface area contributed by atoms with Crippen LogP contribution in [0.4, 0.5) is 10.1 Å². The summed E-state index contributed by atoms with van der Waals surface area (Å²) >= 11 is 0. The van der Waals surface area contributed by atoms with Crippen LogP contribution in [0, 0.1) is 5.82 Å². The standard InChI is InChI=1S/C20H24FN3O3S/c1-2-23-11-13-24(14-12-23)20(25)15-16-3-7-18(8-4-16)22-28(26,27)19-9-5-17(21)6-10-19/h3-10,22H,2,11-15H2,1H3. The molecule has 1 saturated heterocycles. The van der Waals surface area contributed by atoms with Crippen molar-refractivity contribution < 1.29 is 17.6 Å². The Hall–Kier alpha value is -2.45. The summed E-state index contributed by atoms with van der Waals surface area (Å²) in [6.45, 7) is 6.38. The van der Waals surface area contributed by atoms with Gasteiger partial charge in [-0.15, -0.1) is 0 Å². The van der Waals surface area contributed by atoms with Crippen molar-refractivity contribution in [2.45, 2.75) is 18.2 Å². The van der Waals surface area contributed by atoms with E-state index in [2.05, 4.69) is 16.5 Å². The smallest absolute Gasteiger partial charge is 0.261 e. The Morgan fingerprint density at radius 2 is 1.61 bits per heavy atom. The molecule has 0 atom stereocenters. The average Bonchev–Trinajstić information content (AvgIpc) is 2.69. The molecule has 0 radical (unpaired) electrons. The van der Waals surface area contributed by atoms with Crippen molar-refractivity contribution in [2.75, 3.05) is 37.4 Å². The van der Waals surface area contributed by atoms with Crippen molar-refractivity contribution in [1.29, 1.82) is 0 Å². The third-order valence-electron chi connectivity index (χ3n) is 4.86. The molecule has 28 heavy (non-hydrogen) atoms. The van der Waals surface area contributed by atoms with Crippen molar-refractivity contribution >= 4 is 21.6 Å². The summed E-state index contributed by atoms with van der Waals surface area (Å²) in [5, 5.41) is 0. The maximum Gasteiger partial charge on any atom is 0.261 e. The van der Waals surface area contributed by atoms with Gasteiger partial charge in [0.2, 0.25) is 5.91 Å². The summed E-state index contributed by atoms with van der Waals surface area (Å²) in [7, 11) is -3.79. The van der Waals surface area contributed by atoms with Crippen LogP contribution in [0.1, 0.15) is 12.5 Å². The van der Waals surface area contributed by atoms with Crippen LogP contribution in [0.2, 0.25) is 0 Å². The molecule has 6 nitrogen and oxygen atoms in total. The van der Waals surface area contributed by atoms with Gasteiger partial charge < -0.3 is 9.80 Å². The molecule has 150 valence electrons. The number of nitrogens with one attached hydrogen (secondary N) is 1. The van der Waals surface area contributed by atoms with Crippen LogP contribution >= 0.6 is 0 Å². The largest absolute Gasteiger partial charge is 0.340 e. The molecule has 1 fully saturated rings. The normalized spacial score (nSPS) is 15.4. The van der Waals surface area contributed by atoms with E-state index in [1.54, 1.807) is 24.3 Å². The van der Waals surface area contributed by atoms with Gasteiger partial charge in [0, 0.05) is 31.9 Å². The quantitative estimate of drug-likeness (QED) is 0.801. The van der Waals surface area contributed by atoms with Gasteiger partial charge in [0.25, 0.3) is 10.0 Å². The van der Waals surface area contributed by atoms with E-state index >= 15 is 0 Å². The Morgan fingerprint density at radius 1 is 1.00 bits per heavy atom. The number of carbonyl (C=O) groups is 1. The highest BCUT2D eigenvalue weighted by molar-refractivity contribution is 7.92. The zero-order valence-corrected chi connectivity index (χ0v) is 16.6. The maximum atomic E-state index is 13.0. The lowest BCUT2D eigenvalue weighted by molar-refractivity contribution is -0.132. The molecule has 0 unspecified atom stereocenters. The van der Waals surface area contributed by atoms with Gasteiger partial charge in [-0.1, -0.05) is 19.1 Å². The number of hydrogen-bond acceptors (Lipinski definition) is 4. The van der Waals surface area contributed by atoms with Crippen LogP contribution in [0.5, 0.6) is 0 Å². The van der Waals surface area contributed by atoms with Crippen molar-refractivity contribution in [2.24, 2.45) is 0 Å². The van der Waals surface area contributed by atoms with E-state index in [1.807, 2.05) is 4.90 Å². The van der Waals surface area contributed by atoms with Crippen LogP contribution in [0.25, 0.3) is 0 Å². The third-order valence-corrected chi connectivity index (χ3v) is 6.25. The molecule has 1 aliphatic rings. The second kappa shape index (κ2) is 8.70. The number of anilines is 1. The first-order valence-electron chi connectivity index (χ1n) is 9.25. The number of amides is 1. The molecular weight excluding hydrogens is 381 g/mol. The highest BCUT2D eigenvalue weighted by Crippen LogP contribution is 2.18. The Morgan fingerprint density at radius 3 is 2.18 bits per heavy atom. The highest BCUT2D eigenvalue weighted by atomic mass is 32.2. The Labute approximate surface area is 165 Å². The molecule has 1 amide bonds. The number of nitrogens with zero attached hydrogens (tertiary/aromatic N) is 2. The molecule has 2 aromatic carbocycles. The topological polar surface area (TPSA) is 69.7 Å². The van der Waals surface area contributed by atoms with E-state index in [-0.39, 0.29) is 17.2 Å². The van der Waals surface area contributed by atoms with Crippen LogP contribution in [0.3, 0.4) is 0 Å². The summed E-state index contributed by atoms with van der Waals surface area (Å²) < 4.78 is 40.1. The molecule has 3 rings (SSSR count). The molecule has 1 N–H and O–H groups in total. The van der Waals surface area contributed by atoms with E-state index in [0.29, 0.717) is 5.69 Å². The first kappa shape index (κ1) is 20.3. The van der Waals surface area contributed by atoms with Crippen molar-refractivity contribution in [3.05, 3.63) is 59.9 Å². The lowest BCUT2D eigenvalue weighted by Crippen LogP contribution is -2.48. The zero-order valence-electron chi connectivity index (χ0n) is 15.8. The van der Waals surface area contributed by atoms with Crippen molar-refractivity contribution in [3.8, 4) is 0 Å². The average molecular weight is 405 g/mol. The fraction of sp³-hybridized carbons (Fsp3) is 0.350. The monoisotopic (exact) mass is 405 g/mol. The van der Waals surface area contributed by atoms with Crippen LogP contribution in [-0.4, -0.2) is 56.8 Å². The number of halogens is 1. The molecule has 8 heteroatoms. The molecule has 0 spiro atoms. The van der Waals surface area contributed by atoms with Gasteiger partial charge >= 0.3 is 0 Å². The van der Waals surface area contributed by atoms with Crippen LogP contribution < -0.4 is 4.72 Å². The molecular formula is C20H24FN3O3S. The summed E-state index contributed by atoms with van der Waals surface area (Å²) in [6, 6.07) is 11.3. The minimum Gasteiger partial charge on any atom is -0.340 e. The Kier molecular flexibility index (Phi) is 6.31. The summed E-state index contributed by atoms with van der Waals surface area (Å²) in [4.78, 5) is 16.6. The van der Waals surface area contributed by atoms with Gasteiger partial charge in [-0.2, -0.15) is 0 Å². The van der Waals surface area contributed by atoms with Gasteiger partial charge in [0.15, 0.2) is 0 Å². The number of sulfonamides is 1. The van der Waals surface area contributed by atoms with E-state index in [0.717, 1.165) is 50.4 Å². The van der Waals surface area contributed by atoms with Gasteiger partial charge in [-0.3, -0.25) is 9.52 Å². The first-order chi connectivity index (χ1) is 13.4. The Balaban J connectivity index is 1.59. The fourth-order valence-corrected chi connectivity index (χ4v) is 4.18. The van der Waals surface area contributed by atoms with E-state index in [9.17, 15) is 17.6 Å². The lowest BCUT2D eigenvalue weighted by Gasteiger charge is -2.34. The molecule has 0 aromatic heterocycles. The second-order valence-electron chi connectivity index (χ2n) is 6.75. The number of rotatable bonds is 6. The Bertz CT molecular complexity index is 907. The summed E-state index contributed by atoms with van der Waals surface area (Å²) in [5.41, 5.74) is 1.21. The summed E-state index contributed by atoms with van der Waals surface area (Å²) in [5.74, 6) is -0.417. The van der Waals surface area contributed by atoms with E-state index < -0.39 is 15.8 Å². The van der Waals surface area contributed by atoms with Crippen LogP contribution in [0.15, 0.2) is 53.4 Å². The van der Waals surface area contributed by atoms with Gasteiger partial charge in [-0.25, -0.2) is 12.8 Å². The molecule has 0 bridgehead atoms. The number of piperazine rings is 1. The molecule has 1 heterocycles. The third kappa shape index (κ3) is 5.08. The summed E-state index contributed by atoms with van der Waals surface area (Å²) in [6.07, 6.45) is 0.289. The zero-order chi connectivity index (χ0) is 20.1. The highest BCUT2D eigenvalue weighted by Gasteiger charge is 2.20. The van der Waals surface area contributed by atoms with Gasteiger partial charge in [0.05, 0.1) is 11.3 Å².